The number of rotatable bonds is 5. The van der Waals surface area contributed by atoms with E-state index in [9.17, 15) is 9.59 Å². The van der Waals surface area contributed by atoms with Crippen LogP contribution in [0.2, 0.25) is 0 Å². The summed E-state index contributed by atoms with van der Waals surface area (Å²) in [6.45, 7) is 3.89. The second-order valence-electron chi connectivity index (χ2n) is 6.75. The minimum absolute atomic E-state index is 0.166. The molecule has 29 heavy (non-hydrogen) atoms. The number of aryl methyl sites for hydroxylation is 2. The number of hydrogen-bond donors (Lipinski definition) is 2. The van der Waals surface area contributed by atoms with Crippen LogP contribution in [0.15, 0.2) is 83.0 Å². The molecule has 0 aliphatic rings. The van der Waals surface area contributed by atoms with Gasteiger partial charge in [-0.05, 0) is 61.9 Å². The lowest BCUT2D eigenvalue weighted by Gasteiger charge is -2.12. The third kappa shape index (κ3) is 5.90. The molecule has 2 amide bonds. The predicted octanol–water partition coefficient (Wildman–Crippen LogP) is 5.48. The van der Waals surface area contributed by atoms with Gasteiger partial charge in [0.2, 0.25) is 0 Å². The third-order valence-electron chi connectivity index (χ3n) is 4.26. The van der Waals surface area contributed by atoms with Crippen LogP contribution in [0, 0.1) is 13.8 Å². The van der Waals surface area contributed by atoms with Gasteiger partial charge in [0.05, 0.1) is 0 Å². The minimum atomic E-state index is -0.391. The summed E-state index contributed by atoms with van der Waals surface area (Å²) in [5, 5.41) is 5.59. The fourth-order valence-electron chi connectivity index (χ4n) is 2.70. The molecule has 0 unspecified atom stereocenters. The molecule has 0 saturated carbocycles. The van der Waals surface area contributed by atoms with E-state index in [4.69, 9.17) is 0 Å². The first-order chi connectivity index (χ1) is 13.9. The van der Waals surface area contributed by atoms with Crippen LogP contribution >= 0.6 is 15.9 Å². The monoisotopic (exact) mass is 448 g/mol. The third-order valence-corrected chi connectivity index (χ3v) is 4.79. The van der Waals surface area contributed by atoms with E-state index in [0.717, 1.165) is 21.2 Å². The second-order valence-corrected chi connectivity index (χ2v) is 7.67. The molecule has 0 fully saturated rings. The Morgan fingerprint density at radius 3 is 2.21 bits per heavy atom. The highest BCUT2D eigenvalue weighted by molar-refractivity contribution is 9.10. The minimum Gasteiger partial charge on any atom is -0.321 e. The smallest absolute Gasteiger partial charge is 0.272 e. The average molecular weight is 449 g/mol. The van der Waals surface area contributed by atoms with Crippen molar-refractivity contribution < 1.29 is 9.59 Å². The van der Waals surface area contributed by atoms with Crippen molar-refractivity contribution in [1.82, 2.24) is 5.32 Å². The largest absolute Gasteiger partial charge is 0.321 e. The summed E-state index contributed by atoms with van der Waals surface area (Å²) in [7, 11) is 0. The van der Waals surface area contributed by atoms with E-state index in [0.29, 0.717) is 11.3 Å². The zero-order valence-corrected chi connectivity index (χ0v) is 17.8. The van der Waals surface area contributed by atoms with Crippen molar-refractivity contribution in [3.8, 4) is 0 Å². The summed E-state index contributed by atoms with van der Waals surface area (Å²) in [6, 6.07) is 22.2. The maximum absolute atomic E-state index is 12.9. The standard InChI is InChI=1S/C24H21BrN2O2/c1-16-6-12-21(13-7-16)26-24(29)22(15-18-8-10-20(25)11-9-18)27-23(28)19-5-3-4-17(2)14-19/h3-15H,1-2H3,(H,26,29)(H,27,28)/b22-15+. The Bertz CT molecular complexity index is 1050. The molecule has 4 nitrogen and oxygen atoms in total. The molecule has 0 heterocycles. The van der Waals surface area contributed by atoms with E-state index in [1.165, 1.54) is 0 Å². The highest BCUT2D eigenvalue weighted by Gasteiger charge is 2.15. The molecule has 0 atom stereocenters. The SMILES string of the molecule is Cc1ccc(NC(=O)/C(=C\c2ccc(Br)cc2)NC(=O)c2cccc(C)c2)cc1. The van der Waals surface area contributed by atoms with Crippen molar-refractivity contribution in [3.63, 3.8) is 0 Å². The molecule has 0 bridgehead atoms. The lowest BCUT2D eigenvalue weighted by atomic mass is 10.1. The summed E-state index contributed by atoms with van der Waals surface area (Å²) >= 11 is 3.40. The van der Waals surface area contributed by atoms with Gasteiger partial charge in [0.1, 0.15) is 5.70 Å². The number of nitrogens with one attached hydrogen (secondary N) is 2. The van der Waals surface area contributed by atoms with Crippen LogP contribution in [0.1, 0.15) is 27.0 Å². The molecule has 0 aliphatic heterocycles. The van der Waals surface area contributed by atoms with E-state index in [-0.39, 0.29) is 11.6 Å². The van der Waals surface area contributed by atoms with E-state index in [2.05, 4.69) is 26.6 Å². The molecule has 2 N–H and O–H groups in total. The van der Waals surface area contributed by atoms with E-state index in [1.54, 1.807) is 18.2 Å². The summed E-state index contributed by atoms with van der Waals surface area (Å²) < 4.78 is 0.934. The van der Waals surface area contributed by atoms with Gasteiger partial charge in [0.15, 0.2) is 0 Å². The van der Waals surface area contributed by atoms with Gasteiger partial charge in [-0.3, -0.25) is 9.59 Å². The quantitative estimate of drug-likeness (QED) is 0.507. The summed E-state index contributed by atoms with van der Waals surface area (Å²) in [5.41, 5.74) is 4.19. The van der Waals surface area contributed by atoms with Crippen LogP contribution in [-0.2, 0) is 4.79 Å². The number of amides is 2. The number of hydrogen-bond acceptors (Lipinski definition) is 2. The summed E-state index contributed by atoms with van der Waals surface area (Å²) in [6.07, 6.45) is 1.66. The number of carbonyl (C=O) groups is 2. The fraction of sp³-hybridized carbons (Fsp3) is 0.0833. The van der Waals surface area contributed by atoms with Gasteiger partial charge in [-0.2, -0.15) is 0 Å². The summed E-state index contributed by atoms with van der Waals surface area (Å²) in [4.78, 5) is 25.6. The Morgan fingerprint density at radius 1 is 0.862 bits per heavy atom. The molecule has 5 heteroatoms. The maximum atomic E-state index is 12.9. The van der Waals surface area contributed by atoms with Crippen LogP contribution in [0.3, 0.4) is 0 Å². The van der Waals surface area contributed by atoms with Gasteiger partial charge in [-0.25, -0.2) is 0 Å². The zero-order valence-electron chi connectivity index (χ0n) is 16.2. The van der Waals surface area contributed by atoms with Gasteiger partial charge >= 0.3 is 0 Å². The van der Waals surface area contributed by atoms with Crippen LogP contribution in [0.25, 0.3) is 6.08 Å². The molecule has 3 aromatic rings. The van der Waals surface area contributed by atoms with Gasteiger partial charge in [-0.15, -0.1) is 0 Å². The normalized spacial score (nSPS) is 11.1. The summed E-state index contributed by atoms with van der Waals surface area (Å²) in [5.74, 6) is -0.728. The molecule has 3 aromatic carbocycles. The zero-order chi connectivity index (χ0) is 20.8. The Balaban J connectivity index is 1.88. The molecule has 0 radical (unpaired) electrons. The molecule has 0 aromatic heterocycles. The van der Waals surface area contributed by atoms with Crippen molar-refractivity contribution in [2.75, 3.05) is 5.32 Å². The first kappa shape index (κ1) is 20.6. The Hall–Kier alpha value is -3.18. The topological polar surface area (TPSA) is 58.2 Å². The van der Waals surface area contributed by atoms with Crippen LogP contribution in [0.5, 0.6) is 0 Å². The molecule has 0 aliphatic carbocycles. The molecule has 0 spiro atoms. The van der Waals surface area contributed by atoms with Crippen molar-refractivity contribution in [2.24, 2.45) is 0 Å². The van der Waals surface area contributed by atoms with Crippen molar-refractivity contribution in [1.29, 1.82) is 0 Å². The van der Waals surface area contributed by atoms with Crippen LogP contribution < -0.4 is 10.6 Å². The number of anilines is 1. The van der Waals surface area contributed by atoms with E-state index in [1.807, 2.05) is 74.5 Å². The fourth-order valence-corrected chi connectivity index (χ4v) is 2.96. The average Bonchev–Trinajstić information content (AvgIpc) is 2.70. The van der Waals surface area contributed by atoms with Crippen molar-refractivity contribution in [2.45, 2.75) is 13.8 Å². The highest BCUT2D eigenvalue weighted by Crippen LogP contribution is 2.15. The van der Waals surface area contributed by atoms with Gasteiger partial charge in [0, 0.05) is 15.7 Å². The van der Waals surface area contributed by atoms with E-state index >= 15 is 0 Å². The molecule has 0 saturated heterocycles. The highest BCUT2D eigenvalue weighted by atomic mass is 79.9. The van der Waals surface area contributed by atoms with E-state index < -0.39 is 5.91 Å². The van der Waals surface area contributed by atoms with Gasteiger partial charge in [0.25, 0.3) is 11.8 Å². The number of carbonyl (C=O) groups excluding carboxylic acids is 2. The molecule has 146 valence electrons. The Labute approximate surface area is 178 Å². The second kappa shape index (κ2) is 9.34. The van der Waals surface area contributed by atoms with Crippen LogP contribution in [0.4, 0.5) is 5.69 Å². The first-order valence-corrected chi connectivity index (χ1v) is 9.93. The van der Waals surface area contributed by atoms with Crippen LogP contribution in [-0.4, -0.2) is 11.8 Å². The van der Waals surface area contributed by atoms with Crippen molar-refractivity contribution in [3.05, 3.63) is 105 Å². The van der Waals surface area contributed by atoms with Crippen molar-refractivity contribution >= 4 is 39.5 Å². The first-order valence-electron chi connectivity index (χ1n) is 9.14. The molecule has 3 rings (SSSR count). The lowest BCUT2D eigenvalue weighted by molar-refractivity contribution is -0.113. The van der Waals surface area contributed by atoms with Gasteiger partial charge in [-0.1, -0.05) is 63.5 Å². The number of halogens is 1. The maximum Gasteiger partial charge on any atom is 0.272 e. The Morgan fingerprint density at radius 2 is 1.55 bits per heavy atom. The predicted molar refractivity (Wildman–Crippen MR) is 121 cm³/mol. The molecular weight excluding hydrogens is 428 g/mol. The lowest BCUT2D eigenvalue weighted by Crippen LogP contribution is -2.30. The molecular formula is C24H21BrN2O2. The number of benzene rings is 3. The van der Waals surface area contributed by atoms with Gasteiger partial charge < -0.3 is 10.6 Å². The Kier molecular flexibility index (Phi) is 6.62.